The molecule has 0 saturated heterocycles. The van der Waals surface area contributed by atoms with Gasteiger partial charge in [-0.05, 0) is 90.9 Å². The zero-order chi connectivity index (χ0) is 19.4. The summed E-state index contributed by atoms with van der Waals surface area (Å²) in [5.41, 5.74) is 4.43. The lowest BCUT2D eigenvalue weighted by Gasteiger charge is -2.50. The monoisotopic (exact) mass is 393 g/mol. The summed E-state index contributed by atoms with van der Waals surface area (Å²) < 4.78 is 40.0. The van der Waals surface area contributed by atoms with E-state index in [0.717, 1.165) is 30.7 Å². The highest BCUT2D eigenvalue weighted by Crippen LogP contribution is 2.61. The van der Waals surface area contributed by atoms with Crippen molar-refractivity contribution in [2.75, 3.05) is 11.8 Å². The number of benzene rings is 1. The SMILES string of the molecule is CCc1cc2c(cc1NS(=O)(=O)O)CC[C@@H]1[C@@H]2CC[C@]2(C)[C@@H](OC)CC[C@@H]12. The second kappa shape index (κ2) is 6.75. The molecule has 0 aliphatic heterocycles. The van der Waals surface area contributed by atoms with Gasteiger partial charge in [0.1, 0.15) is 0 Å². The van der Waals surface area contributed by atoms with Gasteiger partial charge in [0.2, 0.25) is 0 Å². The third-order valence-corrected chi connectivity index (χ3v) is 8.24. The molecule has 150 valence electrons. The summed E-state index contributed by atoms with van der Waals surface area (Å²) in [6.45, 7) is 4.45. The van der Waals surface area contributed by atoms with Gasteiger partial charge in [-0.25, -0.2) is 0 Å². The maximum atomic E-state index is 11.3. The first-order valence-electron chi connectivity index (χ1n) is 10.2. The van der Waals surface area contributed by atoms with E-state index in [4.69, 9.17) is 4.74 Å². The standard InChI is InChI=1S/C21H31NO4S/c1-4-13-11-17-14(12-19(13)22-27(23,24)25)5-6-16-15(17)9-10-21(2)18(16)7-8-20(21)26-3/h11-12,15-16,18,20,22H,4-10H2,1-3H3,(H,23,24,25)/t15-,16+,18-,20-,21-/m0/s1. The highest BCUT2D eigenvalue weighted by molar-refractivity contribution is 7.87. The summed E-state index contributed by atoms with van der Waals surface area (Å²) in [5, 5.41) is 0. The molecule has 0 unspecified atom stereocenters. The van der Waals surface area contributed by atoms with Crippen molar-refractivity contribution in [3.8, 4) is 0 Å². The average Bonchev–Trinajstić information content (AvgIpc) is 2.95. The number of ether oxygens (including phenoxy) is 1. The van der Waals surface area contributed by atoms with Crippen molar-refractivity contribution in [3.05, 3.63) is 28.8 Å². The van der Waals surface area contributed by atoms with E-state index in [1.54, 1.807) is 0 Å². The molecule has 3 aliphatic carbocycles. The van der Waals surface area contributed by atoms with Crippen LogP contribution in [0.25, 0.3) is 0 Å². The van der Waals surface area contributed by atoms with Gasteiger partial charge in [0.05, 0.1) is 11.8 Å². The molecule has 0 spiro atoms. The quantitative estimate of drug-likeness (QED) is 0.747. The maximum absolute atomic E-state index is 11.3. The summed E-state index contributed by atoms with van der Waals surface area (Å²) in [4.78, 5) is 0. The van der Waals surface area contributed by atoms with E-state index < -0.39 is 10.3 Å². The number of nitrogens with one attached hydrogen (secondary N) is 1. The first-order chi connectivity index (χ1) is 12.8. The number of aryl methyl sites for hydroxylation is 2. The molecule has 0 aromatic heterocycles. The van der Waals surface area contributed by atoms with Crippen LogP contribution < -0.4 is 4.72 Å². The van der Waals surface area contributed by atoms with E-state index in [1.165, 1.54) is 36.8 Å². The van der Waals surface area contributed by atoms with Gasteiger partial charge in [0, 0.05) is 7.11 Å². The second-order valence-electron chi connectivity index (χ2n) is 8.90. The van der Waals surface area contributed by atoms with Crippen molar-refractivity contribution in [2.24, 2.45) is 17.3 Å². The van der Waals surface area contributed by atoms with Crippen molar-refractivity contribution >= 4 is 16.0 Å². The van der Waals surface area contributed by atoms with E-state index in [2.05, 4.69) is 17.7 Å². The molecule has 2 N–H and O–H groups in total. The number of methoxy groups -OCH3 is 1. The average molecular weight is 394 g/mol. The van der Waals surface area contributed by atoms with Gasteiger partial charge in [-0.2, -0.15) is 8.42 Å². The van der Waals surface area contributed by atoms with Gasteiger partial charge in [0.25, 0.3) is 0 Å². The summed E-state index contributed by atoms with van der Waals surface area (Å²) in [5.74, 6) is 1.98. The van der Waals surface area contributed by atoms with Crippen molar-refractivity contribution in [1.82, 2.24) is 0 Å². The zero-order valence-corrected chi connectivity index (χ0v) is 17.3. The minimum Gasteiger partial charge on any atom is -0.381 e. The van der Waals surface area contributed by atoms with E-state index in [1.807, 2.05) is 20.1 Å². The Balaban J connectivity index is 1.69. The summed E-state index contributed by atoms with van der Waals surface area (Å²) in [6, 6.07) is 4.16. The number of hydrogen-bond acceptors (Lipinski definition) is 3. The van der Waals surface area contributed by atoms with E-state index in [-0.39, 0.29) is 0 Å². The van der Waals surface area contributed by atoms with Crippen LogP contribution in [0, 0.1) is 17.3 Å². The maximum Gasteiger partial charge on any atom is 0.357 e. The number of fused-ring (bicyclic) bond motifs is 5. The Hall–Kier alpha value is -1.11. The molecule has 0 bridgehead atoms. The number of hydrogen-bond donors (Lipinski definition) is 2. The van der Waals surface area contributed by atoms with Gasteiger partial charge >= 0.3 is 10.3 Å². The predicted octanol–water partition coefficient (Wildman–Crippen LogP) is 4.33. The molecule has 5 atom stereocenters. The molecule has 0 radical (unpaired) electrons. The number of anilines is 1. The highest BCUT2D eigenvalue weighted by Gasteiger charge is 2.55. The molecule has 3 aliphatic rings. The van der Waals surface area contributed by atoms with E-state index in [0.29, 0.717) is 29.0 Å². The third-order valence-electron chi connectivity index (χ3n) is 7.77. The van der Waals surface area contributed by atoms with Crippen LogP contribution in [0.5, 0.6) is 0 Å². The molecular formula is C21H31NO4S. The summed E-state index contributed by atoms with van der Waals surface area (Å²) in [6.07, 6.45) is 8.06. The Bertz CT molecular complexity index is 837. The Morgan fingerprint density at radius 3 is 2.70 bits per heavy atom. The molecule has 0 heterocycles. The summed E-state index contributed by atoms with van der Waals surface area (Å²) >= 11 is 0. The van der Waals surface area contributed by atoms with Gasteiger partial charge in [0.15, 0.2) is 0 Å². The Morgan fingerprint density at radius 2 is 2.04 bits per heavy atom. The van der Waals surface area contributed by atoms with Crippen molar-refractivity contribution in [2.45, 2.75) is 70.8 Å². The van der Waals surface area contributed by atoms with Crippen LogP contribution in [-0.2, 0) is 27.9 Å². The van der Waals surface area contributed by atoms with Crippen molar-refractivity contribution < 1.29 is 17.7 Å². The molecule has 6 heteroatoms. The minimum absolute atomic E-state index is 0.299. The van der Waals surface area contributed by atoms with Gasteiger partial charge in [-0.15, -0.1) is 0 Å². The molecule has 5 nitrogen and oxygen atoms in total. The zero-order valence-electron chi connectivity index (χ0n) is 16.5. The van der Waals surface area contributed by atoms with Gasteiger partial charge in [-0.1, -0.05) is 19.9 Å². The van der Waals surface area contributed by atoms with Crippen LogP contribution in [-0.4, -0.2) is 26.2 Å². The normalized spacial score (nSPS) is 35.3. The molecule has 1 aromatic rings. The fraction of sp³-hybridized carbons (Fsp3) is 0.714. The predicted molar refractivity (Wildman–Crippen MR) is 106 cm³/mol. The largest absolute Gasteiger partial charge is 0.381 e. The molecule has 0 amide bonds. The molecular weight excluding hydrogens is 362 g/mol. The lowest BCUT2D eigenvalue weighted by Crippen LogP contribution is -2.44. The molecule has 27 heavy (non-hydrogen) atoms. The van der Waals surface area contributed by atoms with Crippen LogP contribution in [0.1, 0.15) is 68.6 Å². The Morgan fingerprint density at radius 1 is 1.26 bits per heavy atom. The fourth-order valence-electron chi connectivity index (χ4n) is 6.53. The van der Waals surface area contributed by atoms with Crippen LogP contribution in [0.3, 0.4) is 0 Å². The van der Waals surface area contributed by atoms with Crippen LogP contribution >= 0.6 is 0 Å². The van der Waals surface area contributed by atoms with Gasteiger partial charge < -0.3 is 4.74 Å². The van der Waals surface area contributed by atoms with Crippen molar-refractivity contribution in [3.63, 3.8) is 0 Å². The van der Waals surface area contributed by atoms with Crippen LogP contribution in [0.4, 0.5) is 5.69 Å². The Kier molecular flexibility index (Phi) is 4.80. The van der Waals surface area contributed by atoms with Crippen LogP contribution in [0.15, 0.2) is 12.1 Å². The molecule has 2 fully saturated rings. The fourth-order valence-corrected chi connectivity index (χ4v) is 7.00. The lowest BCUT2D eigenvalue weighted by molar-refractivity contribution is -0.0444. The first kappa shape index (κ1) is 19.2. The first-order valence-corrected chi connectivity index (χ1v) is 11.6. The Labute approximate surface area is 162 Å². The number of rotatable bonds is 4. The molecule has 1 aromatic carbocycles. The second-order valence-corrected chi connectivity index (χ2v) is 10.1. The van der Waals surface area contributed by atoms with Gasteiger partial charge in [-0.3, -0.25) is 9.27 Å². The highest BCUT2D eigenvalue weighted by atomic mass is 32.2. The smallest absolute Gasteiger partial charge is 0.357 e. The van der Waals surface area contributed by atoms with E-state index in [9.17, 15) is 13.0 Å². The lowest BCUT2D eigenvalue weighted by atomic mass is 9.55. The van der Waals surface area contributed by atoms with Crippen LogP contribution in [0.2, 0.25) is 0 Å². The molecule has 4 rings (SSSR count). The van der Waals surface area contributed by atoms with Crippen molar-refractivity contribution in [1.29, 1.82) is 0 Å². The molecule has 2 saturated carbocycles. The third kappa shape index (κ3) is 3.19. The van der Waals surface area contributed by atoms with E-state index >= 15 is 0 Å². The summed E-state index contributed by atoms with van der Waals surface area (Å²) in [7, 11) is -2.39. The minimum atomic E-state index is -4.25. The topological polar surface area (TPSA) is 75.6 Å².